The minimum atomic E-state index is -3.76. The summed E-state index contributed by atoms with van der Waals surface area (Å²) in [5, 5.41) is 3.17. The second-order valence-corrected chi connectivity index (χ2v) is 10.8. The monoisotopic (exact) mass is 481 g/mol. The van der Waals surface area contributed by atoms with Gasteiger partial charge in [-0.2, -0.15) is 0 Å². The van der Waals surface area contributed by atoms with E-state index < -0.39 is 22.0 Å². The lowest BCUT2D eigenvalue weighted by atomic mass is 10.1. The Balaban J connectivity index is 1.95. The lowest BCUT2D eigenvalue weighted by Crippen LogP contribution is -2.47. The second-order valence-electron chi connectivity index (χ2n) is 7.47. The van der Waals surface area contributed by atoms with E-state index >= 15 is 0 Å². The van der Waals surface area contributed by atoms with E-state index in [1.807, 2.05) is 13.8 Å². The standard InChI is InChI=1S/C21H24ClN3O4S2/c1-5-17(25(31(4,28)29)16-8-6-7-14(22)11-16)20(26)23-15-9-10-18-19(12-15)30-21(27)24(18)13(2)3/h6-13,17H,5H2,1-4H3,(H,23,26). The van der Waals surface area contributed by atoms with Crippen LogP contribution in [0.3, 0.4) is 0 Å². The van der Waals surface area contributed by atoms with Crippen molar-refractivity contribution in [2.75, 3.05) is 15.9 Å². The third-order valence-electron chi connectivity index (χ3n) is 4.79. The molecule has 0 aliphatic heterocycles. The summed E-state index contributed by atoms with van der Waals surface area (Å²) < 4.78 is 28.6. The highest BCUT2D eigenvalue weighted by atomic mass is 35.5. The molecule has 1 atom stereocenters. The molecule has 0 fully saturated rings. The van der Waals surface area contributed by atoms with E-state index in [1.165, 1.54) is 6.07 Å². The fraction of sp³-hybridized carbons (Fsp3) is 0.333. The summed E-state index contributed by atoms with van der Waals surface area (Å²) in [5.41, 5.74) is 1.61. The third-order valence-corrected chi connectivity index (χ3v) is 7.12. The molecule has 0 aliphatic rings. The molecule has 0 bridgehead atoms. The van der Waals surface area contributed by atoms with Crippen molar-refractivity contribution in [2.45, 2.75) is 39.3 Å². The minimum absolute atomic E-state index is 0.0205. The van der Waals surface area contributed by atoms with Crippen molar-refractivity contribution in [2.24, 2.45) is 0 Å². The summed E-state index contributed by atoms with van der Waals surface area (Å²) >= 11 is 7.15. The summed E-state index contributed by atoms with van der Waals surface area (Å²) in [6.07, 6.45) is 1.31. The van der Waals surface area contributed by atoms with Crippen molar-refractivity contribution in [1.82, 2.24) is 4.57 Å². The van der Waals surface area contributed by atoms with Gasteiger partial charge in [0.15, 0.2) is 0 Å². The van der Waals surface area contributed by atoms with E-state index in [-0.39, 0.29) is 17.3 Å². The fourth-order valence-corrected chi connectivity index (χ4v) is 5.94. The summed E-state index contributed by atoms with van der Waals surface area (Å²) in [7, 11) is -3.76. The molecule has 3 aromatic rings. The normalized spacial score (nSPS) is 12.8. The lowest BCUT2D eigenvalue weighted by Gasteiger charge is -2.30. The molecule has 1 N–H and O–H groups in total. The van der Waals surface area contributed by atoms with Gasteiger partial charge in [0.25, 0.3) is 0 Å². The van der Waals surface area contributed by atoms with Gasteiger partial charge in [-0.3, -0.25) is 18.5 Å². The van der Waals surface area contributed by atoms with Gasteiger partial charge in [-0.25, -0.2) is 8.42 Å². The summed E-state index contributed by atoms with van der Waals surface area (Å²) in [6.45, 7) is 5.61. The van der Waals surface area contributed by atoms with Gasteiger partial charge in [-0.05, 0) is 56.7 Å². The number of aromatic nitrogens is 1. The van der Waals surface area contributed by atoms with E-state index in [0.29, 0.717) is 16.4 Å². The number of fused-ring (bicyclic) bond motifs is 1. The number of thiazole rings is 1. The predicted molar refractivity (Wildman–Crippen MR) is 128 cm³/mol. The number of halogens is 1. The second kappa shape index (κ2) is 9.02. The van der Waals surface area contributed by atoms with E-state index in [0.717, 1.165) is 32.1 Å². The van der Waals surface area contributed by atoms with Gasteiger partial charge >= 0.3 is 4.87 Å². The average molecular weight is 482 g/mol. The molecule has 1 aromatic heterocycles. The molecule has 3 rings (SSSR count). The van der Waals surface area contributed by atoms with Crippen LogP contribution in [0.2, 0.25) is 5.02 Å². The molecule has 1 unspecified atom stereocenters. The number of rotatable bonds is 7. The quantitative estimate of drug-likeness (QED) is 0.538. The van der Waals surface area contributed by atoms with Crippen LogP contribution < -0.4 is 14.5 Å². The Labute approximate surface area is 190 Å². The topological polar surface area (TPSA) is 88.5 Å². The van der Waals surface area contributed by atoms with E-state index in [2.05, 4.69) is 5.32 Å². The molecular weight excluding hydrogens is 458 g/mol. The molecule has 0 aliphatic carbocycles. The zero-order chi connectivity index (χ0) is 22.9. The Morgan fingerprint density at radius 1 is 1.23 bits per heavy atom. The number of nitrogens with zero attached hydrogens (tertiary/aromatic N) is 2. The Hall–Kier alpha value is -2.36. The number of benzene rings is 2. The number of hydrogen-bond donors (Lipinski definition) is 1. The van der Waals surface area contributed by atoms with Gasteiger partial charge < -0.3 is 5.32 Å². The molecule has 0 radical (unpaired) electrons. The number of amides is 1. The van der Waals surface area contributed by atoms with Crippen LogP contribution in [-0.2, 0) is 14.8 Å². The Kier molecular flexibility index (Phi) is 6.78. The van der Waals surface area contributed by atoms with Gasteiger partial charge in [0.05, 0.1) is 22.2 Å². The van der Waals surface area contributed by atoms with Crippen molar-refractivity contribution in [3.05, 3.63) is 57.2 Å². The minimum Gasteiger partial charge on any atom is -0.324 e. The van der Waals surface area contributed by atoms with Gasteiger partial charge in [0.2, 0.25) is 15.9 Å². The maximum Gasteiger partial charge on any atom is 0.308 e. The Morgan fingerprint density at radius 2 is 1.94 bits per heavy atom. The number of carbonyl (C=O) groups excluding carboxylic acids is 1. The van der Waals surface area contributed by atoms with Crippen molar-refractivity contribution < 1.29 is 13.2 Å². The Morgan fingerprint density at radius 3 is 2.52 bits per heavy atom. The Bertz CT molecular complexity index is 1280. The third kappa shape index (κ3) is 4.94. The molecule has 166 valence electrons. The SMILES string of the molecule is CCC(C(=O)Nc1ccc2c(c1)sc(=O)n2C(C)C)N(c1cccc(Cl)c1)S(C)(=O)=O. The molecule has 31 heavy (non-hydrogen) atoms. The summed E-state index contributed by atoms with van der Waals surface area (Å²) in [6, 6.07) is 10.7. The van der Waals surface area contributed by atoms with Crippen LogP contribution in [0.4, 0.5) is 11.4 Å². The smallest absolute Gasteiger partial charge is 0.308 e. The molecular formula is C21H24ClN3O4S2. The van der Waals surface area contributed by atoms with Crippen molar-refractivity contribution in [3.63, 3.8) is 0 Å². The zero-order valence-electron chi connectivity index (χ0n) is 17.6. The van der Waals surface area contributed by atoms with Crippen LogP contribution >= 0.6 is 22.9 Å². The molecule has 10 heteroatoms. The molecule has 2 aromatic carbocycles. The molecule has 7 nitrogen and oxygen atoms in total. The number of anilines is 2. The van der Waals surface area contributed by atoms with Crippen LogP contribution in [0.15, 0.2) is 47.3 Å². The van der Waals surface area contributed by atoms with Gasteiger partial charge in [0.1, 0.15) is 6.04 Å². The predicted octanol–water partition coefficient (Wildman–Crippen LogP) is 4.48. The highest BCUT2D eigenvalue weighted by molar-refractivity contribution is 7.92. The van der Waals surface area contributed by atoms with E-state index in [1.54, 1.807) is 47.9 Å². The lowest BCUT2D eigenvalue weighted by molar-refractivity contribution is -0.117. The highest BCUT2D eigenvalue weighted by Crippen LogP contribution is 2.27. The number of carbonyl (C=O) groups is 1. The zero-order valence-corrected chi connectivity index (χ0v) is 20.0. The highest BCUT2D eigenvalue weighted by Gasteiger charge is 2.31. The maximum absolute atomic E-state index is 13.1. The average Bonchev–Trinajstić information content (AvgIpc) is 2.99. The first-order valence-electron chi connectivity index (χ1n) is 9.73. The van der Waals surface area contributed by atoms with Gasteiger partial charge in [-0.1, -0.05) is 35.9 Å². The van der Waals surface area contributed by atoms with Crippen molar-refractivity contribution in [1.29, 1.82) is 0 Å². The fourth-order valence-electron chi connectivity index (χ4n) is 3.50. The maximum atomic E-state index is 13.1. The molecule has 1 heterocycles. The molecule has 1 amide bonds. The molecule has 0 saturated carbocycles. The summed E-state index contributed by atoms with van der Waals surface area (Å²) in [4.78, 5) is 25.3. The van der Waals surface area contributed by atoms with E-state index in [4.69, 9.17) is 11.6 Å². The number of hydrogen-bond acceptors (Lipinski definition) is 5. The van der Waals surface area contributed by atoms with Crippen LogP contribution in [0.25, 0.3) is 10.2 Å². The molecule has 0 spiro atoms. The van der Waals surface area contributed by atoms with Crippen LogP contribution in [0, 0.1) is 0 Å². The van der Waals surface area contributed by atoms with Crippen LogP contribution in [0.1, 0.15) is 33.2 Å². The first-order chi connectivity index (χ1) is 14.5. The largest absolute Gasteiger partial charge is 0.324 e. The van der Waals surface area contributed by atoms with Crippen LogP contribution in [0.5, 0.6) is 0 Å². The first kappa shape index (κ1) is 23.3. The number of nitrogens with one attached hydrogen (secondary N) is 1. The van der Waals surface area contributed by atoms with Crippen LogP contribution in [-0.4, -0.2) is 31.2 Å². The van der Waals surface area contributed by atoms with Gasteiger partial charge in [0, 0.05) is 16.8 Å². The molecule has 0 saturated heterocycles. The first-order valence-corrected chi connectivity index (χ1v) is 12.8. The van der Waals surface area contributed by atoms with Crippen molar-refractivity contribution in [3.8, 4) is 0 Å². The van der Waals surface area contributed by atoms with E-state index in [9.17, 15) is 18.0 Å². The summed E-state index contributed by atoms with van der Waals surface area (Å²) in [5.74, 6) is -0.470. The number of sulfonamides is 1. The van der Waals surface area contributed by atoms with Gasteiger partial charge in [-0.15, -0.1) is 0 Å². The van der Waals surface area contributed by atoms with Crippen molar-refractivity contribution >= 4 is 60.5 Å².